The Morgan fingerprint density at radius 3 is 2.88 bits per heavy atom. The van der Waals surface area contributed by atoms with Crippen molar-refractivity contribution >= 4 is 15.9 Å². The first kappa shape index (κ1) is 12.6. The van der Waals surface area contributed by atoms with E-state index in [1.165, 1.54) is 5.56 Å². The van der Waals surface area contributed by atoms with E-state index in [4.69, 9.17) is 5.26 Å². The molecule has 0 bridgehead atoms. The summed E-state index contributed by atoms with van der Waals surface area (Å²) in [7, 11) is 0. The maximum atomic E-state index is 8.52. The molecule has 90 valence electrons. The third kappa shape index (κ3) is 3.81. The van der Waals surface area contributed by atoms with Crippen molar-refractivity contribution in [1.82, 2.24) is 10.2 Å². The molecule has 1 aromatic carbocycles. The molecule has 1 aliphatic rings. The van der Waals surface area contributed by atoms with Crippen LogP contribution >= 0.6 is 15.9 Å². The van der Waals surface area contributed by atoms with Crippen molar-refractivity contribution < 1.29 is 0 Å². The van der Waals surface area contributed by atoms with Crippen molar-refractivity contribution in [3.63, 3.8) is 0 Å². The molecule has 3 nitrogen and oxygen atoms in total. The minimum atomic E-state index is 0.455. The third-order valence-corrected chi connectivity index (χ3v) is 3.59. The lowest BCUT2D eigenvalue weighted by molar-refractivity contribution is 0.321. The Balaban J connectivity index is 1.81. The van der Waals surface area contributed by atoms with Gasteiger partial charge < -0.3 is 5.32 Å². The lowest BCUT2D eigenvalue weighted by Gasteiger charge is -2.16. The Kier molecular flexibility index (Phi) is 4.55. The number of benzene rings is 1. The second-order valence-electron chi connectivity index (χ2n) is 4.39. The van der Waals surface area contributed by atoms with Crippen LogP contribution in [0, 0.1) is 11.3 Å². The molecule has 1 atom stereocenters. The minimum Gasteiger partial charge on any atom is -0.300 e. The fraction of sp³-hybridized carbons (Fsp3) is 0.462. The fourth-order valence-corrected chi connectivity index (χ4v) is 2.45. The van der Waals surface area contributed by atoms with Crippen LogP contribution in [-0.4, -0.2) is 30.6 Å². The van der Waals surface area contributed by atoms with Gasteiger partial charge in [-0.3, -0.25) is 4.90 Å². The van der Waals surface area contributed by atoms with E-state index in [0.29, 0.717) is 12.6 Å². The predicted octanol–water partition coefficient (Wildman–Crippen LogP) is 2.14. The van der Waals surface area contributed by atoms with Gasteiger partial charge in [-0.2, -0.15) is 5.26 Å². The highest BCUT2D eigenvalue weighted by atomic mass is 79.9. The van der Waals surface area contributed by atoms with Gasteiger partial charge in [0.15, 0.2) is 0 Å². The van der Waals surface area contributed by atoms with Crippen LogP contribution in [0.15, 0.2) is 28.7 Å². The summed E-state index contributed by atoms with van der Waals surface area (Å²) in [6.45, 7) is 3.60. The molecule has 1 aromatic rings. The quantitative estimate of drug-likeness (QED) is 0.865. The monoisotopic (exact) mass is 293 g/mol. The molecule has 0 aromatic heterocycles. The number of halogens is 1. The van der Waals surface area contributed by atoms with Gasteiger partial charge in [0.05, 0.1) is 12.6 Å². The molecule has 17 heavy (non-hydrogen) atoms. The highest BCUT2D eigenvalue weighted by Gasteiger charge is 2.21. The number of nitrogens with one attached hydrogen (secondary N) is 1. The van der Waals surface area contributed by atoms with Crippen LogP contribution < -0.4 is 5.32 Å². The number of hydrogen-bond donors (Lipinski definition) is 1. The summed E-state index contributed by atoms with van der Waals surface area (Å²) in [6, 6.07) is 11.1. The van der Waals surface area contributed by atoms with E-state index in [-0.39, 0.29) is 0 Å². The second kappa shape index (κ2) is 6.15. The number of nitrogens with zero attached hydrogens (tertiary/aromatic N) is 2. The first-order valence-electron chi connectivity index (χ1n) is 5.85. The maximum absolute atomic E-state index is 8.52. The Labute approximate surface area is 111 Å². The average molecular weight is 294 g/mol. The number of nitriles is 1. The highest BCUT2D eigenvalue weighted by Crippen LogP contribution is 2.15. The number of likely N-dealkylation sites (tertiary alicyclic amines) is 1. The highest BCUT2D eigenvalue weighted by molar-refractivity contribution is 9.10. The summed E-state index contributed by atoms with van der Waals surface area (Å²) >= 11 is 3.44. The van der Waals surface area contributed by atoms with Crippen LogP contribution in [0.2, 0.25) is 0 Å². The van der Waals surface area contributed by atoms with Crippen LogP contribution in [0.3, 0.4) is 0 Å². The molecule has 0 spiro atoms. The van der Waals surface area contributed by atoms with Gasteiger partial charge in [0.1, 0.15) is 0 Å². The van der Waals surface area contributed by atoms with Gasteiger partial charge >= 0.3 is 0 Å². The lowest BCUT2D eigenvalue weighted by atomic mass is 10.2. The molecule has 2 rings (SSSR count). The van der Waals surface area contributed by atoms with Crippen molar-refractivity contribution in [2.45, 2.75) is 19.0 Å². The van der Waals surface area contributed by atoms with Crippen molar-refractivity contribution in [3.8, 4) is 6.07 Å². The van der Waals surface area contributed by atoms with Crippen LogP contribution in [0.25, 0.3) is 0 Å². The topological polar surface area (TPSA) is 39.1 Å². The van der Waals surface area contributed by atoms with Gasteiger partial charge in [0.2, 0.25) is 0 Å². The molecule has 1 saturated heterocycles. The Bertz CT molecular complexity index is 396. The second-order valence-corrected chi connectivity index (χ2v) is 5.30. The van der Waals surface area contributed by atoms with Gasteiger partial charge in [-0.15, -0.1) is 0 Å². The van der Waals surface area contributed by atoms with E-state index in [9.17, 15) is 0 Å². The Morgan fingerprint density at radius 1 is 1.41 bits per heavy atom. The predicted molar refractivity (Wildman–Crippen MR) is 71.4 cm³/mol. The molecular weight excluding hydrogens is 278 g/mol. The molecule has 0 radical (unpaired) electrons. The first-order chi connectivity index (χ1) is 8.28. The van der Waals surface area contributed by atoms with E-state index in [0.717, 1.165) is 30.5 Å². The molecule has 1 aliphatic heterocycles. The smallest absolute Gasteiger partial charge is 0.0843 e. The zero-order valence-corrected chi connectivity index (χ0v) is 11.3. The van der Waals surface area contributed by atoms with Gasteiger partial charge in [0, 0.05) is 30.1 Å². The molecule has 0 amide bonds. The summed E-state index contributed by atoms with van der Waals surface area (Å²) in [5, 5.41) is 11.8. The van der Waals surface area contributed by atoms with E-state index in [1.807, 2.05) is 0 Å². The molecular formula is C13H16BrN3. The first-order valence-corrected chi connectivity index (χ1v) is 6.64. The standard InChI is InChI=1S/C13H16BrN3/c14-12-3-1-11(2-4-12)9-17-8-5-13(10-17)16-7-6-15/h1-4,13,16H,5,7-10H2. The van der Waals surface area contributed by atoms with Crippen molar-refractivity contribution in [2.24, 2.45) is 0 Å². The molecule has 1 heterocycles. The van der Waals surface area contributed by atoms with Gasteiger partial charge in [0.25, 0.3) is 0 Å². The summed E-state index contributed by atoms with van der Waals surface area (Å²) in [5.41, 5.74) is 1.34. The average Bonchev–Trinajstić information content (AvgIpc) is 2.77. The number of rotatable bonds is 4. The summed E-state index contributed by atoms with van der Waals surface area (Å²) in [6.07, 6.45) is 1.14. The zero-order valence-electron chi connectivity index (χ0n) is 9.69. The Hall–Kier alpha value is -0.890. The van der Waals surface area contributed by atoms with E-state index < -0.39 is 0 Å². The SMILES string of the molecule is N#CCNC1CCN(Cc2ccc(Br)cc2)C1. The molecule has 4 heteroatoms. The largest absolute Gasteiger partial charge is 0.300 e. The lowest BCUT2D eigenvalue weighted by Crippen LogP contribution is -2.32. The fourth-order valence-electron chi connectivity index (χ4n) is 2.18. The van der Waals surface area contributed by atoms with Crippen molar-refractivity contribution in [2.75, 3.05) is 19.6 Å². The molecule has 1 fully saturated rings. The van der Waals surface area contributed by atoms with E-state index >= 15 is 0 Å². The summed E-state index contributed by atoms with van der Waals surface area (Å²) in [4.78, 5) is 2.43. The van der Waals surface area contributed by atoms with Crippen LogP contribution in [0.4, 0.5) is 0 Å². The molecule has 0 aliphatic carbocycles. The van der Waals surface area contributed by atoms with Crippen LogP contribution in [0.1, 0.15) is 12.0 Å². The summed E-state index contributed by atoms with van der Waals surface area (Å²) < 4.78 is 1.12. The zero-order chi connectivity index (χ0) is 12.1. The minimum absolute atomic E-state index is 0.455. The third-order valence-electron chi connectivity index (χ3n) is 3.06. The van der Waals surface area contributed by atoms with Gasteiger partial charge in [-0.1, -0.05) is 28.1 Å². The normalized spacial score (nSPS) is 20.4. The molecule has 1 unspecified atom stereocenters. The number of hydrogen-bond acceptors (Lipinski definition) is 3. The van der Waals surface area contributed by atoms with Gasteiger partial charge in [-0.25, -0.2) is 0 Å². The van der Waals surface area contributed by atoms with E-state index in [2.05, 4.69) is 56.5 Å². The van der Waals surface area contributed by atoms with Crippen molar-refractivity contribution in [1.29, 1.82) is 5.26 Å². The summed E-state index contributed by atoms with van der Waals surface area (Å²) in [5.74, 6) is 0. The molecule has 0 saturated carbocycles. The van der Waals surface area contributed by atoms with E-state index in [1.54, 1.807) is 0 Å². The Morgan fingerprint density at radius 2 is 2.18 bits per heavy atom. The van der Waals surface area contributed by atoms with Crippen LogP contribution in [-0.2, 0) is 6.54 Å². The van der Waals surface area contributed by atoms with Crippen LogP contribution in [0.5, 0.6) is 0 Å². The molecule has 1 N–H and O–H groups in total. The van der Waals surface area contributed by atoms with Crippen molar-refractivity contribution in [3.05, 3.63) is 34.3 Å². The maximum Gasteiger partial charge on any atom is 0.0843 e. The van der Waals surface area contributed by atoms with Gasteiger partial charge in [-0.05, 0) is 24.1 Å².